The fraction of sp³-hybridized carbons (Fsp3) is 0.632. The van der Waals surface area contributed by atoms with Crippen LogP contribution >= 0.6 is 0 Å². The average molecular weight is 334 g/mol. The minimum atomic E-state index is -0.326. The molecule has 1 aliphatic heterocycles. The van der Waals surface area contributed by atoms with Crippen LogP contribution in [0.2, 0.25) is 0 Å². The molecule has 1 aliphatic carbocycles. The molecule has 24 heavy (non-hydrogen) atoms. The molecule has 0 radical (unpaired) electrons. The van der Waals surface area contributed by atoms with Crippen LogP contribution < -0.4 is 0 Å². The number of benzene rings is 1. The molecule has 4 nitrogen and oxygen atoms in total. The molecule has 0 aromatic heterocycles. The van der Waals surface area contributed by atoms with E-state index in [9.17, 15) is 14.3 Å². The number of halogens is 1. The van der Waals surface area contributed by atoms with E-state index in [2.05, 4.69) is 4.90 Å². The van der Waals surface area contributed by atoms with E-state index in [4.69, 9.17) is 0 Å². The first-order valence-corrected chi connectivity index (χ1v) is 8.97. The predicted octanol–water partition coefficient (Wildman–Crippen LogP) is 2.52. The summed E-state index contributed by atoms with van der Waals surface area (Å²) in [6.45, 7) is 2.20. The Morgan fingerprint density at radius 1 is 1.25 bits per heavy atom. The molecule has 0 bridgehead atoms. The van der Waals surface area contributed by atoms with Gasteiger partial charge in [0.1, 0.15) is 5.82 Å². The van der Waals surface area contributed by atoms with Gasteiger partial charge in [0.05, 0.1) is 6.10 Å². The maximum Gasteiger partial charge on any atom is 0.253 e. The molecule has 1 atom stereocenters. The van der Waals surface area contributed by atoms with Crippen LogP contribution in [0, 0.1) is 11.7 Å². The van der Waals surface area contributed by atoms with Gasteiger partial charge in [-0.15, -0.1) is 0 Å². The van der Waals surface area contributed by atoms with Crippen molar-refractivity contribution >= 4 is 5.91 Å². The lowest BCUT2D eigenvalue weighted by atomic mass is 9.82. The Labute approximate surface area is 143 Å². The molecule has 1 N–H and O–H groups in total. The summed E-state index contributed by atoms with van der Waals surface area (Å²) in [6.07, 6.45) is 5.81. The molecule has 1 aromatic rings. The van der Waals surface area contributed by atoms with Crippen molar-refractivity contribution in [3.63, 3.8) is 0 Å². The smallest absolute Gasteiger partial charge is 0.253 e. The topological polar surface area (TPSA) is 43.8 Å². The molecule has 1 heterocycles. The molecule has 1 aromatic carbocycles. The summed E-state index contributed by atoms with van der Waals surface area (Å²) in [5, 5.41) is 9.54. The first kappa shape index (κ1) is 17.4. The Bertz CT molecular complexity index is 551. The van der Waals surface area contributed by atoms with Crippen LogP contribution in [0.15, 0.2) is 24.3 Å². The number of aliphatic hydroxyl groups is 1. The molecular formula is C19H27FN2O2. The zero-order valence-electron chi connectivity index (χ0n) is 14.3. The number of amides is 1. The van der Waals surface area contributed by atoms with Gasteiger partial charge in [-0.25, -0.2) is 4.39 Å². The molecule has 5 heteroatoms. The monoisotopic (exact) mass is 334 g/mol. The van der Waals surface area contributed by atoms with Crippen molar-refractivity contribution in [2.75, 3.05) is 26.7 Å². The Balaban J connectivity index is 1.72. The van der Waals surface area contributed by atoms with Crippen molar-refractivity contribution < 1.29 is 14.3 Å². The van der Waals surface area contributed by atoms with E-state index in [1.54, 1.807) is 12.1 Å². The van der Waals surface area contributed by atoms with Crippen molar-refractivity contribution in [3.05, 3.63) is 35.6 Å². The molecule has 3 rings (SSSR count). The van der Waals surface area contributed by atoms with Crippen LogP contribution in [0.25, 0.3) is 0 Å². The third kappa shape index (κ3) is 3.95. The molecule has 1 saturated carbocycles. The molecule has 1 amide bonds. The molecule has 0 unspecified atom stereocenters. The molecule has 1 saturated heterocycles. The second-order valence-corrected chi connectivity index (χ2v) is 7.26. The second kappa shape index (κ2) is 7.62. The first-order chi connectivity index (χ1) is 11.5. The minimum absolute atomic E-state index is 0.0494. The van der Waals surface area contributed by atoms with Crippen molar-refractivity contribution in [2.45, 2.75) is 44.2 Å². The van der Waals surface area contributed by atoms with Crippen LogP contribution in [-0.2, 0) is 0 Å². The Morgan fingerprint density at radius 2 is 1.88 bits per heavy atom. The summed E-state index contributed by atoms with van der Waals surface area (Å²) in [6, 6.07) is 5.93. The van der Waals surface area contributed by atoms with Crippen LogP contribution in [-0.4, -0.2) is 59.6 Å². The number of likely N-dealkylation sites (tertiary alicyclic amines) is 1. The van der Waals surface area contributed by atoms with Gasteiger partial charge in [0, 0.05) is 38.3 Å². The third-order valence-electron chi connectivity index (χ3n) is 5.49. The minimum Gasteiger partial charge on any atom is -0.390 e. The number of likely N-dealkylation sites (N-methyl/N-ethyl adjacent to an activating group) is 1. The van der Waals surface area contributed by atoms with Crippen LogP contribution in [0.1, 0.15) is 42.5 Å². The average Bonchev–Trinajstić information content (AvgIpc) is 2.58. The van der Waals surface area contributed by atoms with E-state index in [0.29, 0.717) is 24.6 Å². The normalized spacial score (nSPS) is 21.3. The van der Waals surface area contributed by atoms with Crippen molar-refractivity contribution in [3.8, 4) is 0 Å². The Morgan fingerprint density at radius 3 is 2.46 bits per heavy atom. The summed E-state index contributed by atoms with van der Waals surface area (Å²) in [5.74, 6) is 0.130. The lowest BCUT2D eigenvalue weighted by Crippen LogP contribution is -2.57. The number of nitrogens with zero attached hydrogens (tertiary/aromatic N) is 2. The fourth-order valence-corrected chi connectivity index (χ4v) is 4.01. The van der Waals surface area contributed by atoms with Gasteiger partial charge in [0.2, 0.25) is 0 Å². The number of hydrogen-bond acceptors (Lipinski definition) is 3. The number of rotatable bonds is 5. The highest BCUT2D eigenvalue weighted by Gasteiger charge is 2.34. The third-order valence-corrected chi connectivity index (χ3v) is 5.49. The molecule has 132 valence electrons. The van der Waals surface area contributed by atoms with Gasteiger partial charge in [-0.3, -0.25) is 9.69 Å². The lowest BCUT2D eigenvalue weighted by molar-refractivity contribution is -0.0191. The van der Waals surface area contributed by atoms with Gasteiger partial charge in [-0.05, 0) is 43.0 Å². The highest BCUT2D eigenvalue weighted by Crippen LogP contribution is 2.30. The zero-order valence-corrected chi connectivity index (χ0v) is 14.3. The quantitative estimate of drug-likeness (QED) is 0.900. The number of carbonyl (C=O) groups is 1. The van der Waals surface area contributed by atoms with Crippen LogP contribution in [0.5, 0.6) is 0 Å². The number of carbonyl (C=O) groups excluding carboxylic acids is 1. The summed E-state index contributed by atoms with van der Waals surface area (Å²) >= 11 is 0. The number of hydrogen-bond donors (Lipinski definition) is 1. The molecule has 2 fully saturated rings. The van der Waals surface area contributed by atoms with E-state index in [0.717, 1.165) is 19.4 Å². The predicted molar refractivity (Wildman–Crippen MR) is 91.3 cm³/mol. The van der Waals surface area contributed by atoms with Crippen LogP contribution in [0.4, 0.5) is 4.39 Å². The van der Waals surface area contributed by atoms with Gasteiger partial charge in [-0.2, -0.15) is 0 Å². The maximum absolute atomic E-state index is 13.1. The van der Waals surface area contributed by atoms with Gasteiger partial charge < -0.3 is 10.0 Å². The summed E-state index contributed by atoms with van der Waals surface area (Å²) < 4.78 is 13.1. The van der Waals surface area contributed by atoms with Crippen molar-refractivity contribution in [1.29, 1.82) is 0 Å². The second-order valence-electron chi connectivity index (χ2n) is 7.26. The fourth-order valence-electron chi connectivity index (χ4n) is 4.01. The largest absolute Gasteiger partial charge is 0.390 e. The van der Waals surface area contributed by atoms with Crippen LogP contribution in [0.3, 0.4) is 0 Å². The Hall–Kier alpha value is -1.46. The van der Waals surface area contributed by atoms with Gasteiger partial charge >= 0.3 is 0 Å². The van der Waals surface area contributed by atoms with E-state index >= 15 is 0 Å². The van der Waals surface area contributed by atoms with E-state index < -0.39 is 0 Å². The summed E-state index contributed by atoms with van der Waals surface area (Å²) in [7, 11) is 1.86. The van der Waals surface area contributed by atoms with Gasteiger partial charge in [0.15, 0.2) is 0 Å². The Kier molecular flexibility index (Phi) is 5.51. The lowest BCUT2D eigenvalue weighted by Gasteiger charge is -2.44. The number of β-amino-alcohol motifs (C(OH)–C–C–N with tert-alkyl or cyclic N) is 1. The number of aliphatic hydroxyl groups excluding tert-OH is 1. The summed E-state index contributed by atoms with van der Waals surface area (Å²) in [4.78, 5) is 16.9. The highest BCUT2D eigenvalue weighted by atomic mass is 19.1. The van der Waals surface area contributed by atoms with Crippen molar-refractivity contribution in [1.82, 2.24) is 9.80 Å². The maximum atomic E-state index is 13.1. The SMILES string of the molecule is CN(C(=O)c1ccc(F)cc1)[C@H](CN1CC(O)C1)C1CCCCC1. The molecular weight excluding hydrogens is 307 g/mol. The standard InChI is InChI=1S/C19H27FN2O2/c1-21(19(24)15-7-9-16(20)10-8-15)18(13-22-11-17(23)12-22)14-5-3-2-4-6-14/h7-10,14,17-18,23H,2-6,11-13H2,1H3/t18-/m1/s1. The molecule has 2 aliphatic rings. The summed E-state index contributed by atoms with van der Waals surface area (Å²) in [5.41, 5.74) is 0.531. The zero-order chi connectivity index (χ0) is 17.1. The van der Waals surface area contributed by atoms with E-state index in [-0.39, 0.29) is 23.9 Å². The van der Waals surface area contributed by atoms with Crippen molar-refractivity contribution in [2.24, 2.45) is 5.92 Å². The van der Waals surface area contributed by atoms with Gasteiger partial charge in [-0.1, -0.05) is 19.3 Å². The first-order valence-electron chi connectivity index (χ1n) is 8.97. The van der Waals surface area contributed by atoms with E-state index in [1.807, 2.05) is 11.9 Å². The van der Waals surface area contributed by atoms with E-state index in [1.165, 1.54) is 31.4 Å². The highest BCUT2D eigenvalue weighted by molar-refractivity contribution is 5.94. The molecule has 0 spiro atoms. The van der Waals surface area contributed by atoms with Gasteiger partial charge in [0.25, 0.3) is 5.91 Å².